The summed E-state index contributed by atoms with van der Waals surface area (Å²) in [6.45, 7) is 0. The van der Waals surface area contributed by atoms with Crippen molar-refractivity contribution in [1.82, 2.24) is 0 Å². The first-order chi connectivity index (χ1) is 2.27. The Balaban J connectivity index is 3.14. The predicted octanol–water partition coefficient (Wildman–Crippen LogP) is 0.357. The van der Waals surface area contributed by atoms with E-state index in [0.717, 1.165) is 5.98 Å². The van der Waals surface area contributed by atoms with Crippen LogP contribution in [0.5, 0.6) is 0 Å². The Morgan fingerprint density at radius 1 is 1.60 bits per heavy atom. The van der Waals surface area contributed by atoms with Gasteiger partial charge in [-0.2, -0.15) is 8.78 Å². The van der Waals surface area contributed by atoms with Crippen molar-refractivity contribution in [3.05, 3.63) is 12.1 Å². The van der Waals surface area contributed by atoms with Gasteiger partial charge < -0.3 is 0 Å². The molecule has 0 rings (SSSR count). The molecule has 0 aliphatic carbocycles. The molecule has 0 N–H and O–H groups in total. The highest BCUT2D eigenvalue weighted by atomic mass is 19.3. The number of hydrogen-bond acceptors (Lipinski definition) is 0. The maximum atomic E-state index is 10.6. The first-order valence-corrected chi connectivity index (χ1v) is 1.24. The largest absolute Gasteiger partial charge is 0.257 e. The Bertz CT molecular complexity index is 45.6. The van der Waals surface area contributed by atoms with E-state index in [-0.39, 0.29) is 0 Å². The van der Waals surface area contributed by atoms with Crippen LogP contribution in [-0.2, 0) is 0 Å². The Morgan fingerprint density at radius 2 is 1.80 bits per heavy atom. The van der Waals surface area contributed by atoms with Gasteiger partial charge in [-0.05, 0) is 0 Å². The van der Waals surface area contributed by atoms with Gasteiger partial charge in [0, 0.05) is 0 Å². The molecule has 0 atom stereocenters. The van der Waals surface area contributed by atoms with Crippen LogP contribution >= 0.6 is 0 Å². The fourth-order valence-electron chi connectivity index (χ4n) is 0. The van der Waals surface area contributed by atoms with E-state index in [4.69, 9.17) is 0 Å². The topological polar surface area (TPSA) is 0 Å². The first-order valence-electron chi connectivity index (χ1n) is 1.24. The van der Waals surface area contributed by atoms with Crippen LogP contribution in [0.25, 0.3) is 0 Å². The molecule has 0 nitrogen and oxygen atoms in total. The molecule has 0 fully saturated rings. The van der Waals surface area contributed by atoms with E-state index in [9.17, 15) is 8.78 Å². The SMILES string of the molecule is BC=C(F)F. The molecule has 5 heavy (non-hydrogen) atoms. The van der Waals surface area contributed by atoms with Crippen LogP contribution in [0.4, 0.5) is 8.78 Å². The normalized spacial score (nSPS) is 6.80. The van der Waals surface area contributed by atoms with Crippen molar-refractivity contribution in [3.63, 3.8) is 0 Å². The number of halogens is 2. The highest BCUT2D eigenvalue weighted by molar-refractivity contribution is 6.17. The summed E-state index contributed by atoms with van der Waals surface area (Å²) < 4.78 is 21.2. The summed E-state index contributed by atoms with van der Waals surface area (Å²) in [7, 11) is 1.29. The third-order valence-electron chi connectivity index (χ3n) is 0.218. The van der Waals surface area contributed by atoms with Crippen molar-refractivity contribution in [1.29, 1.82) is 0 Å². The summed E-state index contributed by atoms with van der Waals surface area (Å²) in [5, 5.41) is 0. The molecule has 0 saturated heterocycles. The molecule has 0 amide bonds. The fraction of sp³-hybridized carbons (Fsp3) is 0. The summed E-state index contributed by atoms with van der Waals surface area (Å²) in [5.74, 6) is 0.750. The number of rotatable bonds is 0. The van der Waals surface area contributed by atoms with Gasteiger partial charge in [-0.3, -0.25) is 0 Å². The molecule has 0 aromatic carbocycles. The van der Waals surface area contributed by atoms with E-state index >= 15 is 0 Å². The van der Waals surface area contributed by atoms with Gasteiger partial charge in [0.1, 0.15) is 7.85 Å². The van der Waals surface area contributed by atoms with Crippen LogP contribution in [0.1, 0.15) is 0 Å². The van der Waals surface area contributed by atoms with Gasteiger partial charge in [-0.15, -0.1) is 0 Å². The Morgan fingerprint density at radius 3 is 1.80 bits per heavy atom. The monoisotopic (exact) mass is 76.0 g/mol. The van der Waals surface area contributed by atoms with E-state index in [1.165, 1.54) is 7.85 Å². The van der Waals surface area contributed by atoms with Gasteiger partial charge in [0.2, 0.25) is 0 Å². The molecule has 0 heterocycles. The minimum Gasteiger partial charge on any atom is -0.175 e. The van der Waals surface area contributed by atoms with Gasteiger partial charge in [0.05, 0.1) is 0 Å². The average Bonchev–Trinajstić information content (AvgIpc) is 1.38. The second-order valence-electron chi connectivity index (χ2n) is 0.578. The molecular weight excluding hydrogens is 72.8 g/mol. The second-order valence-corrected chi connectivity index (χ2v) is 0.578. The molecule has 28 valence electrons. The van der Waals surface area contributed by atoms with E-state index in [2.05, 4.69) is 0 Å². The zero-order chi connectivity index (χ0) is 4.28. The molecular formula is C2H3BF2. The van der Waals surface area contributed by atoms with Gasteiger partial charge in [-0.25, -0.2) is 0 Å². The maximum absolute atomic E-state index is 10.6. The molecule has 0 aliphatic rings. The lowest BCUT2D eigenvalue weighted by Crippen LogP contribution is -1.51. The van der Waals surface area contributed by atoms with Gasteiger partial charge in [0.15, 0.2) is 0 Å². The zero-order valence-corrected chi connectivity index (χ0v) is 2.83. The van der Waals surface area contributed by atoms with Crippen molar-refractivity contribution in [2.45, 2.75) is 0 Å². The standard InChI is InChI=1S/C2H3BF2/c3-1-2(4)5/h1H,3H2. The molecule has 3 heteroatoms. The summed E-state index contributed by atoms with van der Waals surface area (Å²) >= 11 is 0. The summed E-state index contributed by atoms with van der Waals surface area (Å²) in [4.78, 5) is 0. The Hall–Kier alpha value is -0.335. The van der Waals surface area contributed by atoms with Crippen LogP contribution in [0, 0.1) is 0 Å². The smallest absolute Gasteiger partial charge is 0.175 e. The maximum Gasteiger partial charge on any atom is 0.257 e. The molecule has 0 spiro atoms. The molecule has 0 aliphatic heterocycles. The summed E-state index contributed by atoms with van der Waals surface area (Å²) in [5.41, 5.74) is 0. The lowest BCUT2D eigenvalue weighted by atomic mass is 10.2. The summed E-state index contributed by atoms with van der Waals surface area (Å²) in [6, 6.07) is 0. The molecule has 0 bridgehead atoms. The van der Waals surface area contributed by atoms with Gasteiger partial charge >= 0.3 is 0 Å². The molecule has 0 aromatic heterocycles. The van der Waals surface area contributed by atoms with E-state index in [1.807, 2.05) is 0 Å². The van der Waals surface area contributed by atoms with E-state index < -0.39 is 6.08 Å². The van der Waals surface area contributed by atoms with Crippen LogP contribution in [0.3, 0.4) is 0 Å². The van der Waals surface area contributed by atoms with Crippen molar-refractivity contribution in [3.8, 4) is 0 Å². The lowest BCUT2D eigenvalue weighted by Gasteiger charge is -1.62. The second kappa shape index (κ2) is 1.94. The van der Waals surface area contributed by atoms with Crippen LogP contribution in [-0.4, -0.2) is 7.85 Å². The van der Waals surface area contributed by atoms with Crippen molar-refractivity contribution in [2.24, 2.45) is 0 Å². The predicted molar refractivity (Wildman–Crippen MR) is 18.8 cm³/mol. The van der Waals surface area contributed by atoms with E-state index in [0.29, 0.717) is 0 Å². The minimum absolute atomic E-state index is 0.750. The third-order valence-corrected chi connectivity index (χ3v) is 0.218. The molecule has 0 unspecified atom stereocenters. The van der Waals surface area contributed by atoms with Gasteiger partial charge in [0.25, 0.3) is 6.08 Å². The van der Waals surface area contributed by atoms with Crippen molar-refractivity contribution >= 4 is 7.85 Å². The van der Waals surface area contributed by atoms with Crippen molar-refractivity contribution < 1.29 is 8.78 Å². The van der Waals surface area contributed by atoms with Gasteiger partial charge in [-0.1, -0.05) is 5.98 Å². The summed E-state index contributed by atoms with van der Waals surface area (Å²) in [6.07, 6.45) is -1.62. The Labute approximate surface area is 29.9 Å². The highest BCUT2D eigenvalue weighted by Gasteiger charge is 1.73. The van der Waals surface area contributed by atoms with Crippen LogP contribution in [0.15, 0.2) is 12.1 Å². The molecule has 0 radical (unpaired) electrons. The average molecular weight is 75.9 g/mol. The van der Waals surface area contributed by atoms with E-state index in [1.54, 1.807) is 0 Å². The lowest BCUT2D eigenvalue weighted by molar-refractivity contribution is 0.424. The van der Waals surface area contributed by atoms with Crippen LogP contribution < -0.4 is 0 Å². The van der Waals surface area contributed by atoms with Crippen molar-refractivity contribution in [2.75, 3.05) is 0 Å². The molecule has 0 saturated carbocycles. The quantitative estimate of drug-likeness (QED) is 0.365. The molecule has 0 aromatic rings. The highest BCUT2D eigenvalue weighted by Crippen LogP contribution is 1.90. The minimum atomic E-state index is -1.62. The zero-order valence-electron chi connectivity index (χ0n) is 2.83. The number of hydrogen-bond donors (Lipinski definition) is 0. The Kier molecular flexibility index (Phi) is 1.81. The van der Waals surface area contributed by atoms with Crippen LogP contribution in [0.2, 0.25) is 0 Å². The third kappa shape index (κ3) is 3.66. The fourth-order valence-corrected chi connectivity index (χ4v) is 0. The first kappa shape index (κ1) is 4.66.